The zero-order valence-corrected chi connectivity index (χ0v) is 14.3. The summed E-state index contributed by atoms with van der Waals surface area (Å²) in [6.45, 7) is 3.24. The van der Waals surface area contributed by atoms with Crippen LogP contribution in [0.2, 0.25) is 0 Å². The normalized spacial score (nSPS) is 11.5. The third-order valence-electron chi connectivity index (χ3n) is 3.68. The van der Waals surface area contributed by atoms with Crippen LogP contribution in [0.4, 0.5) is 15.8 Å². The lowest BCUT2D eigenvalue weighted by Crippen LogP contribution is -2.29. The molecule has 0 radical (unpaired) electrons. The molecule has 8 heteroatoms. The van der Waals surface area contributed by atoms with Gasteiger partial charge in [-0.1, -0.05) is 29.8 Å². The van der Waals surface area contributed by atoms with E-state index < -0.39 is 22.7 Å². The van der Waals surface area contributed by atoms with E-state index in [-0.39, 0.29) is 23.7 Å². The first-order valence-corrected chi connectivity index (χ1v) is 7.83. The van der Waals surface area contributed by atoms with Crippen molar-refractivity contribution in [3.05, 3.63) is 69.5 Å². The SMILES string of the molecule is CC(=O)NC(CC(=O)Nc1cc([N+](=O)[O-])ccc1F)c1ccc(C)cc1. The Bertz CT molecular complexity index is 837. The molecule has 136 valence electrons. The standard InChI is InChI=1S/C18H18FN3O4/c1-11-3-5-13(6-4-11)16(20-12(2)23)10-18(24)21-17-9-14(22(25)26)7-8-15(17)19/h3-9,16H,10H2,1-2H3,(H,20,23)(H,21,24). The van der Waals surface area contributed by atoms with Crippen LogP contribution in [0.3, 0.4) is 0 Å². The summed E-state index contributed by atoms with van der Waals surface area (Å²) in [5.74, 6) is -1.68. The van der Waals surface area contributed by atoms with Crippen LogP contribution in [-0.4, -0.2) is 16.7 Å². The van der Waals surface area contributed by atoms with Gasteiger partial charge in [-0.3, -0.25) is 19.7 Å². The molecule has 0 bridgehead atoms. The van der Waals surface area contributed by atoms with E-state index in [0.29, 0.717) is 0 Å². The summed E-state index contributed by atoms with van der Waals surface area (Å²) in [5.41, 5.74) is 1.13. The van der Waals surface area contributed by atoms with Crippen molar-refractivity contribution < 1.29 is 18.9 Å². The molecule has 0 aliphatic heterocycles. The highest BCUT2D eigenvalue weighted by Gasteiger charge is 2.19. The summed E-state index contributed by atoms with van der Waals surface area (Å²) in [7, 11) is 0. The van der Waals surface area contributed by atoms with Crippen molar-refractivity contribution in [2.75, 3.05) is 5.32 Å². The van der Waals surface area contributed by atoms with E-state index >= 15 is 0 Å². The number of nitrogens with zero attached hydrogens (tertiary/aromatic N) is 1. The number of halogens is 1. The molecule has 26 heavy (non-hydrogen) atoms. The number of hydrogen-bond donors (Lipinski definition) is 2. The predicted molar refractivity (Wildman–Crippen MR) is 94.0 cm³/mol. The molecule has 0 heterocycles. The molecule has 0 saturated carbocycles. The summed E-state index contributed by atoms with van der Waals surface area (Å²) in [6.07, 6.45) is -0.148. The van der Waals surface area contributed by atoms with Crippen molar-refractivity contribution in [1.82, 2.24) is 5.32 Å². The number of carbonyl (C=O) groups excluding carboxylic acids is 2. The molecule has 0 aliphatic carbocycles. The van der Waals surface area contributed by atoms with Crippen molar-refractivity contribution in [1.29, 1.82) is 0 Å². The van der Waals surface area contributed by atoms with Gasteiger partial charge in [0.1, 0.15) is 5.82 Å². The van der Waals surface area contributed by atoms with Crippen molar-refractivity contribution in [3.63, 3.8) is 0 Å². The Morgan fingerprint density at radius 2 is 1.85 bits per heavy atom. The molecule has 0 spiro atoms. The zero-order chi connectivity index (χ0) is 19.3. The molecule has 1 atom stereocenters. The van der Waals surface area contributed by atoms with Crippen molar-refractivity contribution in [3.8, 4) is 0 Å². The first-order chi connectivity index (χ1) is 12.3. The van der Waals surface area contributed by atoms with Gasteiger partial charge in [-0.25, -0.2) is 4.39 Å². The topological polar surface area (TPSA) is 101 Å². The second kappa shape index (κ2) is 8.19. The Hall–Kier alpha value is -3.29. The Balaban J connectivity index is 2.17. The van der Waals surface area contributed by atoms with Gasteiger partial charge in [-0.05, 0) is 18.6 Å². The smallest absolute Gasteiger partial charge is 0.271 e. The molecular formula is C18H18FN3O4. The van der Waals surface area contributed by atoms with Crippen LogP contribution in [-0.2, 0) is 9.59 Å². The monoisotopic (exact) mass is 359 g/mol. The maximum Gasteiger partial charge on any atom is 0.271 e. The maximum atomic E-state index is 13.8. The highest BCUT2D eigenvalue weighted by atomic mass is 19.1. The number of amides is 2. The van der Waals surface area contributed by atoms with Crippen LogP contribution in [0, 0.1) is 22.9 Å². The molecule has 2 N–H and O–H groups in total. The van der Waals surface area contributed by atoms with E-state index in [9.17, 15) is 24.1 Å². The van der Waals surface area contributed by atoms with E-state index in [1.807, 2.05) is 19.1 Å². The summed E-state index contributed by atoms with van der Waals surface area (Å²) in [5, 5.41) is 15.8. The number of anilines is 1. The molecule has 0 saturated heterocycles. The molecule has 0 fully saturated rings. The third kappa shape index (κ3) is 5.10. The number of non-ortho nitro benzene ring substituents is 1. The third-order valence-corrected chi connectivity index (χ3v) is 3.68. The largest absolute Gasteiger partial charge is 0.349 e. The fraction of sp³-hybridized carbons (Fsp3) is 0.222. The van der Waals surface area contributed by atoms with Crippen LogP contribution in [0.15, 0.2) is 42.5 Å². The first-order valence-electron chi connectivity index (χ1n) is 7.83. The highest BCUT2D eigenvalue weighted by molar-refractivity contribution is 5.92. The van der Waals surface area contributed by atoms with Gasteiger partial charge in [0.15, 0.2) is 0 Å². The Morgan fingerprint density at radius 3 is 2.42 bits per heavy atom. The van der Waals surface area contributed by atoms with E-state index in [2.05, 4.69) is 10.6 Å². The number of benzene rings is 2. The average molecular weight is 359 g/mol. The van der Waals surface area contributed by atoms with E-state index in [1.54, 1.807) is 12.1 Å². The van der Waals surface area contributed by atoms with Gasteiger partial charge in [0.25, 0.3) is 5.69 Å². The fourth-order valence-electron chi connectivity index (χ4n) is 2.41. The molecule has 2 aromatic carbocycles. The number of nitrogens with one attached hydrogen (secondary N) is 2. The number of rotatable bonds is 6. The van der Waals surface area contributed by atoms with Gasteiger partial charge in [0.05, 0.1) is 23.1 Å². The van der Waals surface area contributed by atoms with Crippen molar-refractivity contribution >= 4 is 23.2 Å². The molecule has 2 aromatic rings. The Morgan fingerprint density at radius 1 is 1.19 bits per heavy atom. The number of nitro benzene ring substituents is 1. The minimum atomic E-state index is -0.782. The number of nitro groups is 1. The number of hydrogen-bond acceptors (Lipinski definition) is 4. The molecule has 2 amide bonds. The van der Waals surface area contributed by atoms with E-state index in [1.165, 1.54) is 6.92 Å². The molecule has 2 rings (SSSR count). The summed E-state index contributed by atoms with van der Waals surface area (Å²) in [6, 6.07) is 9.55. The van der Waals surface area contributed by atoms with Gasteiger partial charge >= 0.3 is 0 Å². The van der Waals surface area contributed by atoms with Crippen molar-refractivity contribution in [2.45, 2.75) is 26.3 Å². The quantitative estimate of drug-likeness (QED) is 0.610. The lowest BCUT2D eigenvalue weighted by molar-refractivity contribution is -0.384. The minimum Gasteiger partial charge on any atom is -0.349 e. The van der Waals surface area contributed by atoms with Gasteiger partial charge in [-0.2, -0.15) is 0 Å². The molecule has 0 aromatic heterocycles. The van der Waals surface area contributed by atoms with Crippen LogP contribution in [0.1, 0.15) is 30.5 Å². The van der Waals surface area contributed by atoms with Crippen LogP contribution >= 0.6 is 0 Å². The van der Waals surface area contributed by atoms with E-state index in [4.69, 9.17) is 0 Å². The minimum absolute atomic E-state index is 0.148. The summed E-state index contributed by atoms with van der Waals surface area (Å²) in [4.78, 5) is 33.8. The summed E-state index contributed by atoms with van der Waals surface area (Å²) < 4.78 is 13.8. The average Bonchev–Trinajstić information content (AvgIpc) is 2.56. The lowest BCUT2D eigenvalue weighted by Gasteiger charge is -2.18. The highest BCUT2D eigenvalue weighted by Crippen LogP contribution is 2.23. The second-order valence-electron chi connectivity index (χ2n) is 5.84. The predicted octanol–water partition coefficient (Wildman–Crippen LogP) is 3.25. The number of carbonyl (C=O) groups is 2. The first kappa shape index (κ1) is 19.0. The van der Waals surface area contributed by atoms with Crippen LogP contribution in [0.5, 0.6) is 0 Å². The second-order valence-corrected chi connectivity index (χ2v) is 5.84. The van der Waals surface area contributed by atoms with Gasteiger partial charge in [0, 0.05) is 19.1 Å². The van der Waals surface area contributed by atoms with Crippen molar-refractivity contribution in [2.24, 2.45) is 0 Å². The van der Waals surface area contributed by atoms with Gasteiger partial charge in [-0.15, -0.1) is 0 Å². The summed E-state index contributed by atoms with van der Waals surface area (Å²) >= 11 is 0. The van der Waals surface area contributed by atoms with Gasteiger partial charge in [0.2, 0.25) is 11.8 Å². The lowest BCUT2D eigenvalue weighted by atomic mass is 10.0. The van der Waals surface area contributed by atoms with E-state index in [0.717, 1.165) is 29.3 Å². The zero-order valence-electron chi connectivity index (χ0n) is 14.3. The van der Waals surface area contributed by atoms with Crippen LogP contribution in [0.25, 0.3) is 0 Å². The van der Waals surface area contributed by atoms with Gasteiger partial charge < -0.3 is 10.6 Å². The number of aryl methyl sites for hydroxylation is 1. The molecular weight excluding hydrogens is 341 g/mol. The fourth-order valence-corrected chi connectivity index (χ4v) is 2.41. The molecule has 1 unspecified atom stereocenters. The molecule has 0 aliphatic rings. The Kier molecular flexibility index (Phi) is 6.00. The van der Waals surface area contributed by atoms with Crippen LogP contribution < -0.4 is 10.6 Å². The maximum absolute atomic E-state index is 13.8. The Labute approximate surface area is 149 Å². The molecule has 7 nitrogen and oxygen atoms in total.